The van der Waals surface area contributed by atoms with Gasteiger partial charge in [0.05, 0.1) is 16.8 Å². The molecule has 1 aromatic carbocycles. The lowest BCUT2D eigenvalue weighted by Crippen LogP contribution is -2.09. The molecule has 0 unspecified atom stereocenters. The Kier molecular flexibility index (Phi) is 3.97. The minimum absolute atomic E-state index is 0.0159. The molecule has 3 rings (SSSR count). The van der Waals surface area contributed by atoms with Crippen LogP contribution in [0.15, 0.2) is 18.2 Å². The Morgan fingerprint density at radius 1 is 1.26 bits per heavy atom. The molecule has 1 aliphatic carbocycles. The summed E-state index contributed by atoms with van der Waals surface area (Å²) in [4.78, 5) is 4.40. The second-order valence-electron chi connectivity index (χ2n) is 5.84. The number of hydrogen-bond donors (Lipinski definition) is 0. The summed E-state index contributed by atoms with van der Waals surface area (Å²) in [5.74, 6) is -0.380. The van der Waals surface area contributed by atoms with Crippen molar-refractivity contribution in [3.05, 3.63) is 40.8 Å². The van der Waals surface area contributed by atoms with Gasteiger partial charge in [0.15, 0.2) is 0 Å². The van der Waals surface area contributed by atoms with Crippen LogP contribution in [0.3, 0.4) is 0 Å². The molecule has 1 aliphatic rings. The minimum Gasteiger partial charge on any atom is -0.251 e. The number of nitrogens with zero attached hydrogens (tertiary/aromatic N) is 2. The first-order valence-corrected chi connectivity index (χ1v) is 7.48. The van der Waals surface area contributed by atoms with Crippen LogP contribution >= 0.6 is 0 Å². The van der Waals surface area contributed by atoms with Gasteiger partial charge in [-0.2, -0.15) is 18.4 Å². The molecule has 0 bridgehead atoms. The van der Waals surface area contributed by atoms with Crippen molar-refractivity contribution in [3.8, 4) is 6.07 Å². The van der Waals surface area contributed by atoms with Crippen molar-refractivity contribution in [2.24, 2.45) is 0 Å². The number of pyridine rings is 1. The fraction of sp³-hybridized carbons (Fsp3) is 0.412. The zero-order valence-corrected chi connectivity index (χ0v) is 12.3. The van der Waals surface area contributed by atoms with Gasteiger partial charge >= 0.3 is 6.18 Å². The summed E-state index contributed by atoms with van der Waals surface area (Å²) < 4.78 is 51.4. The Morgan fingerprint density at radius 3 is 2.61 bits per heavy atom. The van der Waals surface area contributed by atoms with Crippen molar-refractivity contribution in [1.29, 1.82) is 5.26 Å². The first kappa shape index (κ1) is 15.7. The second kappa shape index (κ2) is 5.80. The van der Waals surface area contributed by atoms with Crippen LogP contribution in [0.1, 0.15) is 48.4 Å². The molecule has 0 saturated heterocycles. The van der Waals surface area contributed by atoms with Gasteiger partial charge in [0, 0.05) is 17.7 Å². The van der Waals surface area contributed by atoms with E-state index in [1.165, 1.54) is 12.1 Å². The fourth-order valence-corrected chi connectivity index (χ4v) is 2.86. The summed E-state index contributed by atoms with van der Waals surface area (Å²) in [6.45, 7) is 0. The van der Waals surface area contributed by atoms with Crippen LogP contribution in [-0.4, -0.2) is 11.2 Å². The molecule has 1 saturated carbocycles. The van der Waals surface area contributed by atoms with Crippen LogP contribution < -0.4 is 0 Å². The third-order valence-electron chi connectivity index (χ3n) is 4.06. The summed E-state index contributed by atoms with van der Waals surface area (Å²) in [6.07, 6.45) is -3.55. The van der Waals surface area contributed by atoms with E-state index in [9.17, 15) is 22.8 Å². The summed E-state index contributed by atoms with van der Waals surface area (Å²) in [5.41, 5.74) is 1.63. The summed E-state index contributed by atoms with van der Waals surface area (Å²) in [6, 6.07) is 6.45. The van der Waals surface area contributed by atoms with Crippen LogP contribution in [0.4, 0.5) is 17.6 Å². The Bertz CT molecular complexity index is 786. The quantitative estimate of drug-likeness (QED) is 0.742. The van der Waals surface area contributed by atoms with Gasteiger partial charge in [0.2, 0.25) is 0 Å². The summed E-state index contributed by atoms with van der Waals surface area (Å²) in [5, 5.41) is 9.63. The van der Waals surface area contributed by atoms with E-state index < -0.39 is 18.4 Å². The summed E-state index contributed by atoms with van der Waals surface area (Å²) >= 11 is 0. The zero-order chi connectivity index (χ0) is 16.6. The molecule has 1 aromatic heterocycles. The van der Waals surface area contributed by atoms with E-state index in [2.05, 4.69) is 4.98 Å². The van der Waals surface area contributed by atoms with Crippen LogP contribution in [0.5, 0.6) is 0 Å². The largest absolute Gasteiger partial charge is 0.389 e. The number of hydrogen-bond acceptors (Lipinski definition) is 2. The van der Waals surface area contributed by atoms with Gasteiger partial charge in [-0.25, -0.2) is 4.39 Å². The van der Waals surface area contributed by atoms with Gasteiger partial charge in [-0.15, -0.1) is 0 Å². The number of alkyl halides is 3. The lowest BCUT2D eigenvalue weighted by molar-refractivity contribution is -0.135. The molecule has 0 N–H and O–H groups in total. The maximum Gasteiger partial charge on any atom is 0.389 e. The Balaban J connectivity index is 2.09. The average Bonchev–Trinajstić information content (AvgIpc) is 3.29. The number of benzene rings is 1. The first-order valence-electron chi connectivity index (χ1n) is 7.48. The van der Waals surface area contributed by atoms with Gasteiger partial charge in [-0.05, 0) is 43.4 Å². The maximum absolute atomic E-state index is 14.2. The third kappa shape index (κ3) is 3.29. The van der Waals surface area contributed by atoms with Crippen LogP contribution in [-0.2, 0) is 6.42 Å². The molecule has 6 heteroatoms. The number of aryl methyl sites for hydroxylation is 1. The van der Waals surface area contributed by atoms with Crippen molar-refractivity contribution >= 4 is 10.9 Å². The molecule has 0 amide bonds. The van der Waals surface area contributed by atoms with Crippen LogP contribution in [0.25, 0.3) is 10.9 Å². The highest BCUT2D eigenvalue weighted by Gasteiger charge is 2.31. The Morgan fingerprint density at radius 2 is 2.00 bits per heavy atom. The van der Waals surface area contributed by atoms with E-state index >= 15 is 0 Å². The molecular formula is C17H14F4N2. The predicted octanol–water partition coefficient (Wildman–Crippen LogP) is 5.01. The van der Waals surface area contributed by atoms with E-state index in [-0.39, 0.29) is 29.7 Å². The smallest absolute Gasteiger partial charge is 0.251 e. The average molecular weight is 322 g/mol. The number of fused-ring (bicyclic) bond motifs is 1. The highest BCUT2D eigenvalue weighted by atomic mass is 19.4. The van der Waals surface area contributed by atoms with Gasteiger partial charge in [0.1, 0.15) is 11.9 Å². The van der Waals surface area contributed by atoms with Crippen molar-refractivity contribution in [1.82, 2.24) is 4.98 Å². The Hall–Kier alpha value is -2.16. The molecule has 23 heavy (non-hydrogen) atoms. The monoisotopic (exact) mass is 322 g/mol. The molecule has 0 atom stereocenters. The zero-order valence-electron chi connectivity index (χ0n) is 12.3. The molecule has 120 valence electrons. The van der Waals surface area contributed by atoms with Crippen LogP contribution in [0, 0.1) is 17.1 Å². The van der Waals surface area contributed by atoms with Gasteiger partial charge < -0.3 is 0 Å². The van der Waals surface area contributed by atoms with Crippen LogP contribution in [0.2, 0.25) is 0 Å². The SMILES string of the molecule is N#Cc1c(C2CC2)nc2cccc(F)c2c1CCCC(F)(F)F. The first-order chi connectivity index (χ1) is 10.9. The molecule has 0 spiro atoms. The number of halogens is 4. The normalized spacial score (nSPS) is 14.9. The van der Waals surface area contributed by atoms with E-state index in [4.69, 9.17) is 0 Å². The molecule has 2 nitrogen and oxygen atoms in total. The molecule has 1 fully saturated rings. The number of rotatable bonds is 4. The predicted molar refractivity (Wildman–Crippen MR) is 77.4 cm³/mol. The van der Waals surface area contributed by atoms with Gasteiger partial charge in [-0.1, -0.05) is 6.07 Å². The number of aromatic nitrogens is 1. The molecular weight excluding hydrogens is 308 g/mol. The van der Waals surface area contributed by atoms with E-state index in [0.29, 0.717) is 16.8 Å². The van der Waals surface area contributed by atoms with E-state index in [1.807, 2.05) is 6.07 Å². The fourth-order valence-electron chi connectivity index (χ4n) is 2.86. The second-order valence-corrected chi connectivity index (χ2v) is 5.84. The lowest BCUT2D eigenvalue weighted by Gasteiger charge is -2.14. The van der Waals surface area contributed by atoms with Crippen molar-refractivity contribution in [2.45, 2.75) is 44.2 Å². The molecule has 1 heterocycles. The summed E-state index contributed by atoms with van der Waals surface area (Å²) in [7, 11) is 0. The van der Waals surface area contributed by atoms with Crippen molar-refractivity contribution in [3.63, 3.8) is 0 Å². The topological polar surface area (TPSA) is 36.7 Å². The molecule has 2 aromatic rings. The maximum atomic E-state index is 14.2. The van der Waals surface area contributed by atoms with Crippen molar-refractivity contribution in [2.75, 3.05) is 0 Å². The highest BCUT2D eigenvalue weighted by molar-refractivity contribution is 5.85. The standard InChI is InChI=1S/C17H14F4N2/c18-13-4-1-5-14-15(13)11(3-2-8-17(19,20)21)12(9-22)16(23-14)10-6-7-10/h1,4-5,10H,2-3,6-8H2. The lowest BCUT2D eigenvalue weighted by atomic mass is 9.94. The van der Waals surface area contributed by atoms with Gasteiger partial charge in [-0.3, -0.25) is 4.98 Å². The highest BCUT2D eigenvalue weighted by Crippen LogP contribution is 2.43. The third-order valence-corrected chi connectivity index (χ3v) is 4.06. The minimum atomic E-state index is -4.26. The van der Waals surface area contributed by atoms with E-state index in [1.54, 1.807) is 6.07 Å². The van der Waals surface area contributed by atoms with Crippen molar-refractivity contribution < 1.29 is 17.6 Å². The Labute approximate surface area is 130 Å². The molecule has 0 aliphatic heterocycles. The number of nitriles is 1. The van der Waals surface area contributed by atoms with Gasteiger partial charge in [0.25, 0.3) is 0 Å². The molecule has 0 radical (unpaired) electrons. The van der Waals surface area contributed by atoms with E-state index in [0.717, 1.165) is 12.8 Å².